The van der Waals surface area contributed by atoms with Crippen LogP contribution in [-0.2, 0) is 0 Å². The van der Waals surface area contributed by atoms with Gasteiger partial charge < -0.3 is 10.7 Å². The van der Waals surface area contributed by atoms with Gasteiger partial charge in [0, 0.05) is 10.7 Å². The molecule has 0 saturated carbocycles. The number of amides is 1. The van der Waals surface area contributed by atoms with E-state index in [1.807, 2.05) is 0 Å². The van der Waals surface area contributed by atoms with Crippen LogP contribution in [0.5, 0.6) is 0 Å². The number of carbonyl (C=O) groups excluding carboxylic acids is 1. The Morgan fingerprint density at radius 2 is 1.84 bits per heavy atom. The summed E-state index contributed by atoms with van der Waals surface area (Å²) in [6.07, 6.45) is 0. The third kappa shape index (κ3) is 3.01. The molecule has 0 saturated heterocycles. The van der Waals surface area contributed by atoms with E-state index in [1.165, 1.54) is 18.2 Å². The summed E-state index contributed by atoms with van der Waals surface area (Å²) >= 11 is 5.74. The van der Waals surface area contributed by atoms with E-state index in [1.54, 1.807) is 24.3 Å². The molecule has 0 aliphatic rings. The zero-order valence-electron chi connectivity index (χ0n) is 9.78. The lowest BCUT2D eigenvalue weighted by molar-refractivity contribution is 0.102. The first-order chi connectivity index (χ1) is 9.11. The van der Waals surface area contributed by atoms with Crippen molar-refractivity contribution in [2.75, 3.05) is 10.7 Å². The molecular weight excluding hydrogens is 269 g/mol. The van der Waals surface area contributed by atoms with Crippen LogP contribution in [0.4, 0.5) is 15.8 Å². The lowest BCUT2D eigenvalue weighted by Gasteiger charge is -2.10. The number of hydrazine groups is 1. The summed E-state index contributed by atoms with van der Waals surface area (Å²) in [5.41, 5.74) is 2.82. The third-order valence-electron chi connectivity index (χ3n) is 2.50. The number of nitrogens with one attached hydrogen (secondary N) is 2. The summed E-state index contributed by atoms with van der Waals surface area (Å²) in [6.45, 7) is 0. The summed E-state index contributed by atoms with van der Waals surface area (Å²) < 4.78 is 13.5. The first-order valence-electron chi connectivity index (χ1n) is 5.44. The summed E-state index contributed by atoms with van der Waals surface area (Å²) in [6, 6.07) is 10.7. The Bertz CT molecular complexity index is 601. The van der Waals surface area contributed by atoms with Crippen LogP contribution in [0.15, 0.2) is 42.5 Å². The monoisotopic (exact) mass is 279 g/mol. The molecule has 2 aromatic carbocycles. The van der Waals surface area contributed by atoms with E-state index >= 15 is 0 Å². The van der Waals surface area contributed by atoms with Gasteiger partial charge in [0.15, 0.2) is 0 Å². The lowest BCUT2D eigenvalue weighted by atomic mass is 10.1. The van der Waals surface area contributed by atoms with Crippen LogP contribution in [0, 0.1) is 5.82 Å². The quantitative estimate of drug-likeness (QED) is 0.598. The number of nitrogens with two attached hydrogens (primary N) is 1. The van der Waals surface area contributed by atoms with Crippen LogP contribution in [-0.4, -0.2) is 5.91 Å². The highest BCUT2D eigenvalue weighted by atomic mass is 35.5. The fraction of sp³-hybridized carbons (Fsp3) is 0. The van der Waals surface area contributed by atoms with Gasteiger partial charge in [0.2, 0.25) is 0 Å². The average molecular weight is 280 g/mol. The summed E-state index contributed by atoms with van der Waals surface area (Å²) in [4.78, 5) is 12.0. The molecule has 0 radical (unpaired) electrons. The maximum absolute atomic E-state index is 13.5. The van der Waals surface area contributed by atoms with Crippen LogP contribution in [0.25, 0.3) is 0 Å². The van der Waals surface area contributed by atoms with Crippen LogP contribution in [0.2, 0.25) is 5.02 Å². The van der Waals surface area contributed by atoms with Crippen LogP contribution in [0.3, 0.4) is 0 Å². The number of hydrogen-bond donors (Lipinski definition) is 3. The van der Waals surface area contributed by atoms with Crippen molar-refractivity contribution in [2.24, 2.45) is 5.84 Å². The van der Waals surface area contributed by atoms with E-state index in [-0.39, 0.29) is 11.3 Å². The summed E-state index contributed by atoms with van der Waals surface area (Å²) in [5, 5.41) is 3.19. The van der Waals surface area contributed by atoms with Crippen molar-refractivity contribution in [3.63, 3.8) is 0 Å². The summed E-state index contributed by atoms with van der Waals surface area (Å²) in [5.74, 6) is 4.16. The molecule has 0 aliphatic heterocycles. The van der Waals surface area contributed by atoms with E-state index in [2.05, 4.69) is 10.7 Å². The Hall–Kier alpha value is -2.11. The molecule has 19 heavy (non-hydrogen) atoms. The molecule has 0 aliphatic carbocycles. The van der Waals surface area contributed by atoms with Gasteiger partial charge in [0.1, 0.15) is 5.82 Å². The number of carbonyl (C=O) groups is 1. The second-order valence-electron chi connectivity index (χ2n) is 3.77. The van der Waals surface area contributed by atoms with Gasteiger partial charge in [-0.25, -0.2) is 4.39 Å². The standard InChI is InChI=1S/C13H11ClFN3O/c14-8-4-6-9(7-5-8)17-13(19)10-2-1-3-11(15)12(10)18-16/h1-7,18H,16H2,(H,17,19). The summed E-state index contributed by atoms with van der Waals surface area (Å²) in [7, 11) is 0. The number of halogens is 2. The Morgan fingerprint density at radius 1 is 1.16 bits per heavy atom. The maximum Gasteiger partial charge on any atom is 0.257 e. The van der Waals surface area contributed by atoms with E-state index in [0.717, 1.165) is 0 Å². The Morgan fingerprint density at radius 3 is 2.47 bits per heavy atom. The minimum absolute atomic E-state index is 0.0473. The van der Waals surface area contributed by atoms with Crippen LogP contribution < -0.4 is 16.6 Å². The van der Waals surface area contributed by atoms with Crippen molar-refractivity contribution in [3.8, 4) is 0 Å². The van der Waals surface area contributed by atoms with Crippen molar-refractivity contribution in [3.05, 3.63) is 58.9 Å². The normalized spacial score (nSPS) is 10.1. The molecule has 4 N–H and O–H groups in total. The number of rotatable bonds is 3. The number of anilines is 2. The molecule has 0 atom stereocenters. The molecule has 0 unspecified atom stereocenters. The molecule has 0 spiro atoms. The number of nitrogen functional groups attached to an aromatic ring is 1. The number of benzene rings is 2. The van der Waals surface area contributed by atoms with E-state index in [0.29, 0.717) is 10.7 Å². The molecule has 0 bridgehead atoms. The molecule has 0 heterocycles. The predicted octanol–water partition coefficient (Wildman–Crippen LogP) is 3.02. The molecule has 2 aromatic rings. The molecule has 4 nitrogen and oxygen atoms in total. The van der Waals surface area contributed by atoms with Gasteiger partial charge in [-0.2, -0.15) is 0 Å². The van der Waals surface area contributed by atoms with Gasteiger partial charge in [-0.15, -0.1) is 0 Å². The van der Waals surface area contributed by atoms with E-state index < -0.39 is 11.7 Å². The van der Waals surface area contributed by atoms with Gasteiger partial charge in [0.25, 0.3) is 5.91 Å². The van der Waals surface area contributed by atoms with Gasteiger partial charge >= 0.3 is 0 Å². The molecule has 0 fully saturated rings. The van der Waals surface area contributed by atoms with Gasteiger partial charge in [-0.05, 0) is 36.4 Å². The smallest absolute Gasteiger partial charge is 0.257 e. The maximum atomic E-state index is 13.5. The minimum Gasteiger partial charge on any atom is -0.322 e. The second-order valence-corrected chi connectivity index (χ2v) is 4.20. The van der Waals surface area contributed by atoms with Crippen LogP contribution in [0.1, 0.15) is 10.4 Å². The fourth-order valence-corrected chi connectivity index (χ4v) is 1.72. The lowest BCUT2D eigenvalue weighted by Crippen LogP contribution is -2.18. The third-order valence-corrected chi connectivity index (χ3v) is 2.76. The van der Waals surface area contributed by atoms with Crippen molar-refractivity contribution in [1.29, 1.82) is 0 Å². The van der Waals surface area contributed by atoms with Crippen molar-refractivity contribution >= 4 is 28.9 Å². The molecular formula is C13H11ClFN3O. The Labute approximate surface area is 114 Å². The number of para-hydroxylation sites is 1. The highest BCUT2D eigenvalue weighted by Gasteiger charge is 2.14. The first kappa shape index (κ1) is 13.3. The molecule has 2 rings (SSSR count). The Balaban J connectivity index is 2.25. The molecule has 0 aromatic heterocycles. The van der Waals surface area contributed by atoms with E-state index in [9.17, 15) is 9.18 Å². The van der Waals surface area contributed by atoms with Crippen molar-refractivity contribution < 1.29 is 9.18 Å². The topological polar surface area (TPSA) is 67.1 Å². The van der Waals surface area contributed by atoms with Gasteiger partial charge in [0.05, 0.1) is 11.3 Å². The average Bonchev–Trinajstić information content (AvgIpc) is 2.41. The zero-order valence-corrected chi connectivity index (χ0v) is 10.5. The van der Waals surface area contributed by atoms with Crippen molar-refractivity contribution in [1.82, 2.24) is 0 Å². The Kier molecular flexibility index (Phi) is 3.99. The second kappa shape index (κ2) is 5.69. The highest BCUT2D eigenvalue weighted by Crippen LogP contribution is 2.20. The highest BCUT2D eigenvalue weighted by molar-refractivity contribution is 6.30. The zero-order chi connectivity index (χ0) is 13.8. The largest absolute Gasteiger partial charge is 0.322 e. The fourth-order valence-electron chi connectivity index (χ4n) is 1.59. The molecule has 98 valence electrons. The number of hydrogen-bond acceptors (Lipinski definition) is 3. The predicted molar refractivity (Wildman–Crippen MR) is 73.6 cm³/mol. The van der Waals surface area contributed by atoms with Crippen LogP contribution >= 0.6 is 11.6 Å². The van der Waals surface area contributed by atoms with Gasteiger partial charge in [-0.3, -0.25) is 10.6 Å². The van der Waals surface area contributed by atoms with Crippen molar-refractivity contribution in [2.45, 2.75) is 0 Å². The van der Waals surface area contributed by atoms with E-state index in [4.69, 9.17) is 17.4 Å². The SMILES string of the molecule is NNc1c(F)cccc1C(=O)Nc1ccc(Cl)cc1. The van der Waals surface area contributed by atoms with Gasteiger partial charge in [-0.1, -0.05) is 17.7 Å². The molecule has 1 amide bonds. The molecule has 6 heteroatoms. The minimum atomic E-state index is -0.591. The first-order valence-corrected chi connectivity index (χ1v) is 5.81.